The van der Waals surface area contributed by atoms with E-state index in [2.05, 4.69) is 5.32 Å². The van der Waals surface area contributed by atoms with Gasteiger partial charge >= 0.3 is 0 Å². The van der Waals surface area contributed by atoms with E-state index in [4.69, 9.17) is 0 Å². The maximum Gasteiger partial charge on any atom is 0.217 e. The van der Waals surface area contributed by atoms with Crippen molar-refractivity contribution < 1.29 is 8.42 Å². The van der Waals surface area contributed by atoms with Gasteiger partial charge in [0.1, 0.15) is 0 Å². The van der Waals surface area contributed by atoms with Gasteiger partial charge in [-0.3, -0.25) is 0 Å². The molecule has 4 nitrogen and oxygen atoms in total. The first-order valence-electron chi connectivity index (χ1n) is 5.79. The fourth-order valence-corrected chi connectivity index (χ4v) is 4.56. The molecule has 1 aromatic rings. The van der Waals surface area contributed by atoms with Gasteiger partial charge in [0.15, 0.2) is 0 Å². The van der Waals surface area contributed by atoms with Gasteiger partial charge < -0.3 is 5.32 Å². The third-order valence-electron chi connectivity index (χ3n) is 3.10. The van der Waals surface area contributed by atoms with Crippen LogP contribution in [0.25, 0.3) is 0 Å². The van der Waals surface area contributed by atoms with Crippen LogP contribution in [-0.2, 0) is 16.6 Å². The largest absolute Gasteiger partial charge is 0.317 e. The molecule has 0 aromatic carbocycles. The molecule has 1 aliphatic rings. The van der Waals surface area contributed by atoms with Crippen molar-refractivity contribution in [3.63, 3.8) is 0 Å². The van der Waals surface area contributed by atoms with Crippen molar-refractivity contribution in [2.75, 3.05) is 20.1 Å². The van der Waals surface area contributed by atoms with E-state index in [0.717, 1.165) is 30.8 Å². The summed E-state index contributed by atoms with van der Waals surface area (Å²) < 4.78 is 26.1. The number of nitrogens with one attached hydrogen (secondary N) is 1. The average Bonchev–Trinajstić information content (AvgIpc) is 2.83. The first-order valence-corrected chi connectivity index (χ1v) is 8.17. The number of nitrogens with zero attached hydrogens (tertiary/aromatic N) is 1. The summed E-state index contributed by atoms with van der Waals surface area (Å²) in [6, 6.07) is 3.92. The van der Waals surface area contributed by atoms with E-state index < -0.39 is 10.0 Å². The molecule has 0 atom stereocenters. The summed E-state index contributed by atoms with van der Waals surface area (Å²) in [5.41, 5.74) is 0. The Balaban J connectivity index is 2.03. The van der Waals surface area contributed by atoms with E-state index >= 15 is 0 Å². The maximum absolute atomic E-state index is 12.3. The van der Waals surface area contributed by atoms with Crippen molar-refractivity contribution in [2.45, 2.75) is 24.6 Å². The highest BCUT2D eigenvalue weighted by molar-refractivity contribution is 7.89. The average molecular weight is 274 g/mol. The zero-order valence-corrected chi connectivity index (χ0v) is 11.6. The monoisotopic (exact) mass is 274 g/mol. The quantitative estimate of drug-likeness (QED) is 0.899. The summed E-state index contributed by atoms with van der Waals surface area (Å²) in [6.45, 7) is 2.09. The second kappa shape index (κ2) is 5.48. The van der Waals surface area contributed by atoms with Crippen LogP contribution in [0.2, 0.25) is 0 Å². The summed E-state index contributed by atoms with van der Waals surface area (Å²) >= 11 is 1.60. The summed E-state index contributed by atoms with van der Waals surface area (Å²) in [5, 5.41) is 4.95. The highest BCUT2D eigenvalue weighted by Gasteiger charge is 2.30. The standard InChI is InChI=1S/C11H18N2O2S2/c1-13(9-10-3-2-8-16-10)17(14,15)11-4-6-12-7-5-11/h2-3,8,11-12H,4-7,9H2,1H3. The SMILES string of the molecule is CN(Cc1cccs1)S(=O)(=O)C1CCNCC1. The van der Waals surface area contributed by atoms with E-state index in [1.807, 2.05) is 17.5 Å². The third kappa shape index (κ3) is 3.07. The molecular weight excluding hydrogens is 256 g/mol. The van der Waals surface area contributed by atoms with Gasteiger partial charge in [-0.05, 0) is 37.4 Å². The fraction of sp³-hybridized carbons (Fsp3) is 0.636. The number of rotatable bonds is 4. The van der Waals surface area contributed by atoms with Crippen molar-refractivity contribution in [3.05, 3.63) is 22.4 Å². The van der Waals surface area contributed by atoms with Gasteiger partial charge in [-0.25, -0.2) is 8.42 Å². The summed E-state index contributed by atoms with van der Waals surface area (Å²) in [6.07, 6.45) is 1.44. The van der Waals surface area contributed by atoms with Gasteiger partial charge in [0.2, 0.25) is 10.0 Å². The lowest BCUT2D eigenvalue weighted by Gasteiger charge is -2.27. The van der Waals surface area contributed by atoms with E-state index in [0.29, 0.717) is 6.54 Å². The zero-order valence-electron chi connectivity index (χ0n) is 9.93. The molecule has 0 aliphatic carbocycles. The Hall–Kier alpha value is -0.430. The van der Waals surface area contributed by atoms with Crippen LogP contribution in [0, 0.1) is 0 Å². The molecule has 0 amide bonds. The van der Waals surface area contributed by atoms with Gasteiger partial charge in [-0.2, -0.15) is 4.31 Å². The highest BCUT2D eigenvalue weighted by atomic mass is 32.2. The second-order valence-corrected chi connectivity index (χ2v) is 7.68. The predicted molar refractivity (Wildman–Crippen MR) is 70.6 cm³/mol. The molecule has 1 fully saturated rings. The van der Waals surface area contributed by atoms with E-state index in [9.17, 15) is 8.42 Å². The van der Waals surface area contributed by atoms with Crippen LogP contribution in [0.4, 0.5) is 0 Å². The molecule has 0 saturated carbocycles. The van der Waals surface area contributed by atoms with Gasteiger partial charge in [0.05, 0.1) is 5.25 Å². The minimum Gasteiger partial charge on any atom is -0.317 e. The van der Waals surface area contributed by atoms with Crippen LogP contribution < -0.4 is 5.32 Å². The number of piperidine rings is 1. The van der Waals surface area contributed by atoms with Crippen LogP contribution in [0.5, 0.6) is 0 Å². The van der Waals surface area contributed by atoms with Gasteiger partial charge in [0, 0.05) is 18.5 Å². The van der Waals surface area contributed by atoms with Crippen molar-refractivity contribution in [3.8, 4) is 0 Å². The highest BCUT2D eigenvalue weighted by Crippen LogP contribution is 2.20. The second-order valence-electron chi connectivity index (χ2n) is 4.33. The molecule has 1 aliphatic heterocycles. The van der Waals surface area contributed by atoms with Crippen molar-refractivity contribution in [2.24, 2.45) is 0 Å². The van der Waals surface area contributed by atoms with Crippen molar-refractivity contribution >= 4 is 21.4 Å². The van der Waals surface area contributed by atoms with Crippen LogP contribution in [0.15, 0.2) is 17.5 Å². The fourth-order valence-electron chi connectivity index (χ4n) is 2.06. The minimum absolute atomic E-state index is 0.214. The van der Waals surface area contributed by atoms with Gasteiger partial charge in [-0.1, -0.05) is 6.07 Å². The Morgan fingerprint density at radius 3 is 2.76 bits per heavy atom. The Labute approximate surface area is 107 Å². The summed E-state index contributed by atoms with van der Waals surface area (Å²) in [7, 11) is -1.46. The van der Waals surface area contributed by atoms with E-state index in [-0.39, 0.29) is 5.25 Å². The van der Waals surface area contributed by atoms with Crippen LogP contribution in [0.1, 0.15) is 17.7 Å². The Morgan fingerprint density at radius 2 is 2.18 bits per heavy atom. The topological polar surface area (TPSA) is 49.4 Å². The molecule has 1 saturated heterocycles. The Kier molecular flexibility index (Phi) is 4.19. The number of sulfonamides is 1. The maximum atomic E-state index is 12.3. The normalized spacial score (nSPS) is 18.7. The minimum atomic E-state index is -3.14. The van der Waals surface area contributed by atoms with Gasteiger partial charge in [-0.15, -0.1) is 11.3 Å². The molecule has 0 bridgehead atoms. The van der Waals surface area contributed by atoms with Crippen LogP contribution >= 0.6 is 11.3 Å². The molecule has 17 heavy (non-hydrogen) atoms. The Morgan fingerprint density at radius 1 is 1.47 bits per heavy atom. The smallest absolute Gasteiger partial charge is 0.217 e. The third-order valence-corrected chi connectivity index (χ3v) is 6.27. The molecule has 0 radical (unpaired) electrons. The molecule has 1 N–H and O–H groups in total. The lowest BCUT2D eigenvalue weighted by Crippen LogP contribution is -2.42. The number of thiophene rings is 1. The molecule has 0 spiro atoms. The first-order chi connectivity index (χ1) is 8.10. The lowest BCUT2D eigenvalue weighted by atomic mass is 10.2. The molecule has 1 aromatic heterocycles. The van der Waals surface area contributed by atoms with E-state index in [1.165, 1.54) is 4.31 Å². The van der Waals surface area contributed by atoms with E-state index in [1.54, 1.807) is 18.4 Å². The molecule has 2 heterocycles. The number of hydrogen-bond donors (Lipinski definition) is 1. The summed E-state index contributed by atoms with van der Waals surface area (Å²) in [5.74, 6) is 0. The molecular formula is C11H18N2O2S2. The molecule has 2 rings (SSSR count). The molecule has 96 valence electrons. The van der Waals surface area contributed by atoms with Crippen molar-refractivity contribution in [1.29, 1.82) is 0 Å². The molecule has 0 unspecified atom stereocenters. The van der Waals surface area contributed by atoms with Gasteiger partial charge in [0.25, 0.3) is 0 Å². The Bertz CT molecular complexity index is 436. The predicted octanol–water partition coefficient (Wildman–Crippen LogP) is 1.26. The van der Waals surface area contributed by atoms with Crippen molar-refractivity contribution in [1.82, 2.24) is 9.62 Å². The first kappa shape index (κ1) is 13.0. The zero-order chi connectivity index (χ0) is 12.3. The number of hydrogen-bond acceptors (Lipinski definition) is 4. The molecule has 6 heteroatoms. The summed E-state index contributed by atoms with van der Waals surface area (Å²) in [4.78, 5) is 1.09. The van der Waals surface area contributed by atoms with Crippen LogP contribution in [0.3, 0.4) is 0 Å². The lowest BCUT2D eigenvalue weighted by molar-refractivity contribution is 0.430. The van der Waals surface area contributed by atoms with Crippen LogP contribution in [-0.4, -0.2) is 38.1 Å².